The molecule has 0 aliphatic heterocycles. The predicted molar refractivity (Wildman–Crippen MR) is 93.8 cm³/mol. The molecule has 1 atom stereocenters. The Hall–Kier alpha value is 0.0112. The van der Waals surface area contributed by atoms with E-state index in [4.69, 9.17) is 4.43 Å². The molecule has 116 valence electrons. The van der Waals surface area contributed by atoms with Crippen LogP contribution in [0.2, 0.25) is 19.6 Å². The average Bonchev–Trinajstić information content (AvgIpc) is 2.80. The molecule has 1 nitrogen and oxygen atoms in total. The van der Waals surface area contributed by atoms with Gasteiger partial charge in [0, 0.05) is 21.7 Å². The summed E-state index contributed by atoms with van der Waals surface area (Å²) in [7, 11) is -1.56. The van der Waals surface area contributed by atoms with E-state index in [1.54, 1.807) is 0 Å². The van der Waals surface area contributed by atoms with Crippen molar-refractivity contribution in [3.8, 4) is 5.75 Å². The topological polar surface area (TPSA) is 9.23 Å². The van der Waals surface area contributed by atoms with Gasteiger partial charge in [-0.15, -0.1) is 31.2 Å². The van der Waals surface area contributed by atoms with E-state index >= 15 is 0 Å². The third kappa shape index (κ3) is 6.75. The van der Waals surface area contributed by atoms with E-state index in [1.807, 2.05) is 6.07 Å². The molecule has 0 saturated carbocycles. The van der Waals surface area contributed by atoms with Crippen molar-refractivity contribution in [3.63, 3.8) is 0 Å². The molecule has 0 amide bonds. The SMILES string of the molecule is CC(C1=[C-]CC=C1)c1ccccc1O[Si](C)(C)C.Cl.Cl.[Ti]. The molecule has 1 aromatic carbocycles. The fourth-order valence-corrected chi connectivity index (χ4v) is 2.99. The first kappa shape index (κ1) is 23.3. The zero-order valence-electron chi connectivity index (χ0n) is 13.0. The second kappa shape index (κ2) is 9.91. The second-order valence-corrected chi connectivity index (χ2v) is 10.1. The van der Waals surface area contributed by atoms with Crippen molar-refractivity contribution in [1.82, 2.24) is 0 Å². The summed E-state index contributed by atoms with van der Waals surface area (Å²) in [6, 6.07) is 8.39. The van der Waals surface area contributed by atoms with Gasteiger partial charge in [-0.3, -0.25) is 6.08 Å². The van der Waals surface area contributed by atoms with Crippen molar-refractivity contribution in [2.45, 2.75) is 38.9 Å². The molecule has 0 saturated heterocycles. The van der Waals surface area contributed by atoms with Crippen LogP contribution in [0.15, 0.2) is 42.0 Å². The van der Waals surface area contributed by atoms with Gasteiger partial charge in [-0.05, 0) is 37.2 Å². The Bertz CT molecular complexity index is 495. The summed E-state index contributed by atoms with van der Waals surface area (Å²) in [4.78, 5) is 0. The third-order valence-corrected chi connectivity index (χ3v) is 3.82. The molecule has 0 heterocycles. The molecule has 2 rings (SSSR count). The minimum absolute atomic E-state index is 0. The minimum atomic E-state index is -1.56. The molecule has 1 aliphatic carbocycles. The van der Waals surface area contributed by atoms with Gasteiger partial charge in [0.25, 0.3) is 0 Å². The number of para-hydroxylation sites is 1. The molecule has 1 aromatic rings. The maximum absolute atomic E-state index is 6.19. The van der Waals surface area contributed by atoms with Gasteiger partial charge in [0.1, 0.15) is 5.75 Å². The van der Waals surface area contributed by atoms with E-state index in [0.29, 0.717) is 5.92 Å². The Labute approximate surface area is 157 Å². The van der Waals surface area contributed by atoms with E-state index in [9.17, 15) is 0 Å². The molecular weight excluding hydrogens is 355 g/mol. The van der Waals surface area contributed by atoms with Crippen molar-refractivity contribution in [1.29, 1.82) is 0 Å². The van der Waals surface area contributed by atoms with Crippen molar-refractivity contribution in [2.75, 3.05) is 0 Å². The zero-order valence-corrected chi connectivity index (χ0v) is 17.2. The number of hydrogen-bond acceptors (Lipinski definition) is 1. The van der Waals surface area contributed by atoms with Crippen LogP contribution in [0.5, 0.6) is 5.75 Å². The number of benzene rings is 1. The van der Waals surface area contributed by atoms with Gasteiger partial charge < -0.3 is 4.43 Å². The van der Waals surface area contributed by atoms with Gasteiger partial charge in [0.2, 0.25) is 8.32 Å². The maximum atomic E-state index is 6.19. The second-order valence-electron chi connectivity index (χ2n) is 5.71. The number of allylic oxidation sites excluding steroid dienone is 4. The smallest absolute Gasteiger partial charge is 0.242 e. The summed E-state index contributed by atoms with van der Waals surface area (Å²) < 4.78 is 6.19. The van der Waals surface area contributed by atoms with Crippen LogP contribution in [-0.2, 0) is 21.7 Å². The first-order valence-corrected chi connectivity index (χ1v) is 9.93. The van der Waals surface area contributed by atoms with Crippen molar-refractivity contribution >= 4 is 33.1 Å². The summed E-state index contributed by atoms with van der Waals surface area (Å²) >= 11 is 0. The summed E-state index contributed by atoms with van der Waals surface area (Å²) in [5, 5.41) is 0. The molecule has 21 heavy (non-hydrogen) atoms. The molecule has 5 heteroatoms. The average molecular weight is 378 g/mol. The van der Waals surface area contributed by atoms with E-state index in [2.05, 4.69) is 63.0 Å². The van der Waals surface area contributed by atoms with E-state index in [1.165, 1.54) is 11.1 Å². The molecule has 0 aromatic heterocycles. The molecule has 0 N–H and O–H groups in total. The largest absolute Gasteiger partial charge is 0.544 e. The van der Waals surface area contributed by atoms with Crippen molar-refractivity contribution < 1.29 is 26.1 Å². The normalized spacial score (nSPS) is 14.2. The van der Waals surface area contributed by atoms with Crippen LogP contribution < -0.4 is 4.43 Å². The van der Waals surface area contributed by atoms with Crippen LogP contribution >= 0.6 is 24.8 Å². The predicted octanol–water partition coefficient (Wildman–Crippen LogP) is 5.53. The fourth-order valence-electron chi connectivity index (χ4n) is 2.15. The Balaban J connectivity index is 0. The number of hydrogen-bond donors (Lipinski definition) is 0. The maximum Gasteiger partial charge on any atom is 0.242 e. The van der Waals surface area contributed by atoms with Crippen LogP contribution in [0.1, 0.15) is 24.8 Å². The molecule has 1 unspecified atom stereocenters. The van der Waals surface area contributed by atoms with E-state index < -0.39 is 8.32 Å². The van der Waals surface area contributed by atoms with Gasteiger partial charge in [-0.2, -0.15) is 6.08 Å². The Morgan fingerprint density at radius 1 is 1.14 bits per heavy atom. The van der Waals surface area contributed by atoms with E-state index in [-0.39, 0.29) is 46.5 Å². The molecular formula is C16H23Cl2OSiTi-. The fraction of sp³-hybridized carbons (Fsp3) is 0.375. The quantitative estimate of drug-likeness (QED) is 0.494. The monoisotopic (exact) mass is 377 g/mol. The Morgan fingerprint density at radius 2 is 1.76 bits per heavy atom. The molecule has 0 bridgehead atoms. The van der Waals surface area contributed by atoms with Crippen molar-refractivity contribution in [3.05, 3.63) is 53.6 Å². The number of rotatable bonds is 4. The summed E-state index contributed by atoms with van der Waals surface area (Å²) in [6.45, 7) is 8.88. The van der Waals surface area contributed by atoms with Gasteiger partial charge in [0.05, 0.1) is 0 Å². The van der Waals surface area contributed by atoms with Gasteiger partial charge in [0.15, 0.2) is 0 Å². The first-order valence-electron chi connectivity index (χ1n) is 6.52. The van der Waals surface area contributed by atoms with Gasteiger partial charge in [-0.1, -0.05) is 25.1 Å². The van der Waals surface area contributed by atoms with E-state index in [0.717, 1.165) is 12.2 Å². The van der Waals surface area contributed by atoms with Crippen LogP contribution in [0.25, 0.3) is 0 Å². The summed E-state index contributed by atoms with van der Waals surface area (Å²) in [5.74, 6) is 1.40. The summed E-state index contributed by atoms with van der Waals surface area (Å²) in [5.41, 5.74) is 2.55. The molecule has 1 aliphatic rings. The Morgan fingerprint density at radius 3 is 2.29 bits per heavy atom. The van der Waals surface area contributed by atoms with Crippen LogP contribution in [-0.4, -0.2) is 8.32 Å². The first-order chi connectivity index (χ1) is 8.47. The minimum Gasteiger partial charge on any atom is -0.544 e. The Kier molecular flexibility index (Phi) is 11.0. The molecule has 0 fully saturated rings. The van der Waals surface area contributed by atoms with Gasteiger partial charge in [-0.25, -0.2) is 11.6 Å². The van der Waals surface area contributed by atoms with Crippen LogP contribution in [0, 0.1) is 6.08 Å². The van der Waals surface area contributed by atoms with Crippen LogP contribution in [0.4, 0.5) is 0 Å². The third-order valence-electron chi connectivity index (χ3n) is 2.99. The zero-order chi connectivity index (χ0) is 13.2. The number of halogens is 2. The van der Waals surface area contributed by atoms with Crippen LogP contribution in [0.3, 0.4) is 0 Å². The van der Waals surface area contributed by atoms with Crippen molar-refractivity contribution in [2.24, 2.45) is 0 Å². The molecule has 0 radical (unpaired) electrons. The van der Waals surface area contributed by atoms with Gasteiger partial charge >= 0.3 is 0 Å². The standard InChI is InChI=1S/C16H21OSi.2ClH.Ti/c1-13(14-9-5-6-10-14)15-11-7-8-12-16(15)17-18(2,3)4;;;/h5,7-9,11-13H,6H2,1-4H3;2*1H;/q-1;;;. The summed E-state index contributed by atoms with van der Waals surface area (Å²) in [6.07, 6.45) is 8.68. The molecule has 0 spiro atoms.